The Bertz CT molecular complexity index is 1320. The molecule has 6 heteroatoms. The van der Waals surface area contributed by atoms with Crippen LogP contribution in [0.15, 0.2) is 72.9 Å². The molecule has 0 aromatic carbocycles. The standard InChI is InChI=1S/C65H114O6/c1-4-7-10-13-16-19-22-24-26-28-30-31-32-33-35-36-38-40-43-46-49-52-55-58-64(67)70-61-62(60-69-63(66)57-54-51-48-45-42-21-18-15-12-9-6-3)71-65(68)59-56-53-50-47-44-41-39-37-34-29-27-25-23-20-17-14-11-8-5-2/h8,11,17,20,22,24-25,27-28,30,34,37,62H,4-7,9-10,12-16,18-19,21,23,26,29,31-33,35-36,38-61H2,1-3H3/b11-8-,20-17-,24-22-,27-25-,30-28-,37-34-. The summed E-state index contributed by atoms with van der Waals surface area (Å²) in [5.74, 6) is -0.885. The number of hydrogen-bond donors (Lipinski definition) is 0. The highest BCUT2D eigenvalue weighted by molar-refractivity contribution is 5.71. The maximum absolute atomic E-state index is 12.9. The Morgan fingerprint density at radius 1 is 0.296 bits per heavy atom. The average Bonchev–Trinajstić information content (AvgIpc) is 3.37. The van der Waals surface area contributed by atoms with Gasteiger partial charge in [-0.1, -0.05) is 267 Å². The third kappa shape index (κ3) is 57.6. The molecule has 0 amide bonds. The molecule has 0 spiro atoms. The first-order valence-electron chi connectivity index (χ1n) is 30.4. The van der Waals surface area contributed by atoms with Gasteiger partial charge in [-0.05, 0) is 89.9 Å². The van der Waals surface area contributed by atoms with E-state index in [0.717, 1.165) is 103 Å². The minimum absolute atomic E-state index is 0.0794. The molecule has 1 unspecified atom stereocenters. The number of esters is 3. The lowest BCUT2D eigenvalue weighted by atomic mass is 10.0. The number of carbonyl (C=O) groups is 3. The molecule has 0 aliphatic rings. The molecule has 0 aromatic rings. The second kappa shape index (κ2) is 59.4. The summed E-state index contributed by atoms with van der Waals surface area (Å²) in [6, 6.07) is 0. The zero-order valence-electron chi connectivity index (χ0n) is 47.0. The van der Waals surface area contributed by atoms with Gasteiger partial charge in [-0.15, -0.1) is 0 Å². The summed E-state index contributed by atoms with van der Waals surface area (Å²) < 4.78 is 16.9. The van der Waals surface area contributed by atoms with Gasteiger partial charge < -0.3 is 14.2 Å². The quantitative estimate of drug-likeness (QED) is 0.0261. The molecule has 0 aromatic heterocycles. The van der Waals surface area contributed by atoms with E-state index in [1.807, 2.05) is 0 Å². The second-order valence-electron chi connectivity index (χ2n) is 20.2. The maximum Gasteiger partial charge on any atom is 0.306 e. The molecule has 0 aliphatic carbocycles. The van der Waals surface area contributed by atoms with Crippen LogP contribution in [0.1, 0.15) is 303 Å². The summed E-state index contributed by atoms with van der Waals surface area (Å²) in [7, 11) is 0. The van der Waals surface area contributed by atoms with Crippen molar-refractivity contribution in [3.8, 4) is 0 Å². The van der Waals surface area contributed by atoms with E-state index in [0.29, 0.717) is 19.3 Å². The molecule has 0 saturated carbocycles. The SMILES string of the molecule is CC/C=C\C/C=C\C/C=C\C/C=C\CCCCCCCCC(=O)OC(COC(=O)CCCCCCCCCCCCC)COC(=O)CCCCCCCCCCCCC/C=C\C/C=C\CCCCCCC. The average molecular weight is 992 g/mol. The maximum atomic E-state index is 12.9. The van der Waals surface area contributed by atoms with Crippen molar-refractivity contribution in [1.82, 2.24) is 0 Å². The lowest BCUT2D eigenvalue weighted by Gasteiger charge is -2.18. The molecule has 0 bridgehead atoms. The molecule has 0 aliphatic heterocycles. The van der Waals surface area contributed by atoms with Crippen LogP contribution < -0.4 is 0 Å². The Balaban J connectivity index is 4.31. The number of unbranched alkanes of at least 4 members (excludes halogenated alkanes) is 32. The van der Waals surface area contributed by atoms with Gasteiger partial charge >= 0.3 is 17.9 Å². The minimum Gasteiger partial charge on any atom is -0.462 e. The molecule has 0 fully saturated rings. The van der Waals surface area contributed by atoms with Crippen LogP contribution in [0.2, 0.25) is 0 Å². The highest BCUT2D eigenvalue weighted by Gasteiger charge is 2.19. The Labute approximate surface area is 440 Å². The first kappa shape index (κ1) is 67.8. The van der Waals surface area contributed by atoms with E-state index in [4.69, 9.17) is 14.2 Å². The van der Waals surface area contributed by atoms with E-state index in [-0.39, 0.29) is 31.1 Å². The van der Waals surface area contributed by atoms with E-state index >= 15 is 0 Å². The summed E-state index contributed by atoms with van der Waals surface area (Å²) in [4.78, 5) is 38.2. The zero-order chi connectivity index (χ0) is 51.4. The molecule has 71 heavy (non-hydrogen) atoms. The predicted octanol–water partition coefficient (Wildman–Crippen LogP) is 20.5. The summed E-state index contributed by atoms with van der Waals surface area (Å²) in [6.07, 6.45) is 76.1. The third-order valence-electron chi connectivity index (χ3n) is 13.2. The van der Waals surface area contributed by atoms with Crippen LogP contribution in [0.25, 0.3) is 0 Å². The van der Waals surface area contributed by atoms with Gasteiger partial charge in [-0.3, -0.25) is 14.4 Å². The molecular formula is C65H114O6. The van der Waals surface area contributed by atoms with Crippen molar-refractivity contribution in [1.29, 1.82) is 0 Å². The number of carbonyl (C=O) groups excluding carboxylic acids is 3. The molecule has 410 valence electrons. The van der Waals surface area contributed by atoms with Gasteiger partial charge in [0.2, 0.25) is 0 Å². The van der Waals surface area contributed by atoms with Crippen LogP contribution in [0, 0.1) is 0 Å². The van der Waals surface area contributed by atoms with Crippen molar-refractivity contribution in [2.45, 2.75) is 309 Å². The van der Waals surface area contributed by atoms with Gasteiger partial charge in [-0.2, -0.15) is 0 Å². The highest BCUT2D eigenvalue weighted by Crippen LogP contribution is 2.16. The van der Waals surface area contributed by atoms with Gasteiger partial charge in [0.25, 0.3) is 0 Å². The monoisotopic (exact) mass is 991 g/mol. The van der Waals surface area contributed by atoms with Gasteiger partial charge in [0, 0.05) is 19.3 Å². The van der Waals surface area contributed by atoms with Gasteiger partial charge in [0.15, 0.2) is 6.10 Å². The number of rotatable bonds is 55. The first-order chi connectivity index (χ1) is 35.0. The minimum atomic E-state index is -0.782. The van der Waals surface area contributed by atoms with Crippen LogP contribution in [0.3, 0.4) is 0 Å². The van der Waals surface area contributed by atoms with Crippen LogP contribution in [0.4, 0.5) is 0 Å². The molecule has 0 radical (unpaired) electrons. The molecule has 0 saturated heterocycles. The molecule has 0 rings (SSSR count). The van der Waals surface area contributed by atoms with Crippen molar-refractivity contribution in [2.75, 3.05) is 13.2 Å². The van der Waals surface area contributed by atoms with Crippen LogP contribution in [-0.4, -0.2) is 37.2 Å². The molecule has 6 nitrogen and oxygen atoms in total. The van der Waals surface area contributed by atoms with Crippen LogP contribution >= 0.6 is 0 Å². The Morgan fingerprint density at radius 2 is 0.549 bits per heavy atom. The largest absolute Gasteiger partial charge is 0.462 e. The topological polar surface area (TPSA) is 78.9 Å². The Morgan fingerprint density at radius 3 is 0.859 bits per heavy atom. The Hall–Kier alpha value is -3.15. The lowest BCUT2D eigenvalue weighted by molar-refractivity contribution is -0.167. The zero-order valence-corrected chi connectivity index (χ0v) is 47.0. The molecule has 0 heterocycles. The van der Waals surface area contributed by atoms with Crippen LogP contribution in [0.5, 0.6) is 0 Å². The van der Waals surface area contributed by atoms with Crippen molar-refractivity contribution in [3.05, 3.63) is 72.9 Å². The molecule has 0 N–H and O–H groups in total. The summed E-state index contributed by atoms with van der Waals surface area (Å²) in [6.45, 7) is 6.52. The highest BCUT2D eigenvalue weighted by atomic mass is 16.6. The van der Waals surface area contributed by atoms with Gasteiger partial charge in [0.05, 0.1) is 0 Å². The fourth-order valence-electron chi connectivity index (χ4n) is 8.64. The van der Waals surface area contributed by atoms with E-state index in [2.05, 4.69) is 93.7 Å². The normalized spacial score (nSPS) is 12.5. The summed E-state index contributed by atoms with van der Waals surface area (Å²) in [5.41, 5.74) is 0. The van der Waals surface area contributed by atoms with E-state index in [9.17, 15) is 14.4 Å². The number of hydrogen-bond acceptors (Lipinski definition) is 6. The fourth-order valence-corrected chi connectivity index (χ4v) is 8.64. The fraction of sp³-hybridized carbons (Fsp3) is 0.769. The Kier molecular flexibility index (Phi) is 56.8. The lowest BCUT2D eigenvalue weighted by Crippen LogP contribution is -2.30. The predicted molar refractivity (Wildman–Crippen MR) is 307 cm³/mol. The van der Waals surface area contributed by atoms with Crippen LogP contribution in [-0.2, 0) is 28.6 Å². The summed E-state index contributed by atoms with van der Waals surface area (Å²) in [5, 5.41) is 0. The second-order valence-corrected chi connectivity index (χ2v) is 20.2. The van der Waals surface area contributed by atoms with E-state index in [1.54, 1.807) is 0 Å². The molecule has 1 atom stereocenters. The molecular weight excluding hydrogens is 877 g/mol. The van der Waals surface area contributed by atoms with Crippen molar-refractivity contribution in [3.63, 3.8) is 0 Å². The summed E-state index contributed by atoms with van der Waals surface area (Å²) >= 11 is 0. The number of allylic oxidation sites excluding steroid dienone is 12. The smallest absolute Gasteiger partial charge is 0.306 e. The van der Waals surface area contributed by atoms with Crippen molar-refractivity contribution < 1.29 is 28.6 Å². The van der Waals surface area contributed by atoms with Gasteiger partial charge in [-0.25, -0.2) is 0 Å². The van der Waals surface area contributed by atoms with Gasteiger partial charge in [0.1, 0.15) is 13.2 Å². The van der Waals surface area contributed by atoms with Crippen molar-refractivity contribution >= 4 is 17.9 Å². The first-order valence-corrected chi connectivity index (χ1v) is 30.4. The third-order valence-corrected chi connectivity index (χ3v) is 13.2. The van der Waals surface area contributed by atoms with Crippen molar-refractivity contribution in [2.24, 2.45) is 0 Å². The van der Waals surface area contributed by atoms with E-state index in [1.165, 1.54) is 161 Å². The van der Waals surface area contributed by atoms with E-state index < -0.39 is 6.10 Å². The number of ether oxygens (including phenoxy) is 3.